The molecule has 0 spiro atoms. The Morgan fingerprint density at radius 3 is 2.37 bits per heavy atom. The predicted molar refractivity (Wildman–Crippen MR) is 77.2 cm³/mol. The van der Waals surface area contributed by atoms with E-state index in [1.165, 1.54) is 17.1 Å². The number of rotatable bonds is 4. The topological polar surface area (TPSA) is 49.4 Å². The molecule has 2 amide bonds. The Hall–Kier alpha value is -1.52. The number of carbonyl (C=O) groups excluding carboxylic acids is 2. The Kier molecular flexibility index (Phi) is 5.86. The highest BCUT2D eigenvalue weighted by Gasteiger charge is 2.06. The molecule has 0 saturated heterocycles. The van der Waals surface area contributed by atoms with Crippen molar-refractivity contribution in [1.82, 2.24) is 10.2 Å². The van der Waals surface area contributed by atoms with Crippen molar-refractivity contribution in [1.29, 1.82) is 0 Å². The van der Waals surface area contributed by atoms with Crippen molar-refractivity contribution < 1.29 is 9.59 Å². The lowest BCUT2D eigenvalue weighted by atomic mass is 10.2. The number of hydrogen-bond acceptors (Lipinski definition) is 2. The molecule has 1 aromatic rings. The highest BCUT2D eigenvalue weighted by Crippen LogP contribution is 2.25. The van der Waals surface area contributed by atoms with Crippen LogP contribution in [0.5, 0.6) is 0 Å². The van der Waals surface area contributed by atoms with Gasteiger partial charge in [-0.25, -0.2) is 0 Å². The van der Waals surface area contributed by atoms with Crippen LogP contribution in [-0.2, 0) is 9.59 Å². The SMILES string of the molecule is CN(C)C(=O)CNC(=O)/C=C/c1c(Cl)cccc1Cl. The summed E-state index contributed by atoms with van der Waals surface area (Å²) in [6, 6.07) is 5.08. The summed E-state index contributed by atoms with van der Waals surface area (Å²) in [5, 5.41) is 3.39. The molecule has 1 rings (SSSR count). The molecule has 0 fully saturated rings. The largest absolute Gasteiger partial charge is 0.347 e. The normalized spacial score (nSPS) is 10.5. The van der Waals surface area contributed by atoms with Gasteiger partial charge in [-0.1, -0.05) is 29.3 Å². The molecule has 0 aliphatic heterocycles. The molecule has 6 heteroatoms. The Morgan fingerprint density at radius 1 is 1.26 bits per heavy atom. The van der Waals surface area contributed by atoms with E-state index >= 15 is 0 Å². The van der Waals surface area contributed by atoms with E-state index in [9.17, 15) is 9.59 Å². The van der Waals surface area contributed by atoms with Gasteiger partial charge in [0.25, 0.3) is 0 Å². The molecule has 1 N–H and O–H groups in total. The third-order valence-corrected chi connectivity index (χ3v) is 2.97. The minimum atomic E-state index is -0.383. The maximum Gasteiger partial charge on any atom is 0.244 e. The zero-order valence-electron chi connectivity index (χ0n) is 10.6. The molecule has 0 radical (unpaired) electrons. The first-order valence-corrected chi connectivity index (χ1v) is 6.27. The van der Waals surface area contributed by atoms with Crippen molar-refractivity contribution in [3.8, 4) is 0 Å². The van der Waals surface area contributed by atoms with Crippen LogP contribution in [-0.4, -0.2) is 37.4 Å². The molecule has 0 atom stereocenters. The second kappa shape index (κ2) is 7.16. The minimum absolute atomic E-state index is 0.0492. The standard InChI is InChI=1S/C13H14Cl2N2O2/c1-17(2)13(19)8-16-12(18)7-6-9-10(14)4-3-5-11(9)15/h3-7H,8H2,1-2H3,(H,16,18)/b7-6+. The third kappa shape index (κ3) is 4.93. The Morgan fingerprint density at radius 2 is 1.84 bits per heavy atom. The van der Waals surface area contributed by atoms with Crippen molar-refractivity contribution >= 4 is 41.1 Å². The van der Waals surface area contributed by atoms with Gasteiger partial charge >= 0.3 is 0 Å². The summed E-state index contributed by atoms with van der Waals surface area (Å²) in [5.41, 5.74) is 0.569. The average Bonchev–Trinajstić information content (AvgIpc) is 2.35. The van der Waals surface area contributed by atoms with Crippen molar-refractivity contribution in [3.05, 3.63) is 39.9 Å². The van der Waals surface area contributed by atoms with Crippen LogP contribution >= 0.6 is 23.2 Å². The van der Waals surface area contributed by atoms with Crippen LogP contribution in [0.1, 0.15) is 5.56 Å². The summed E-state index contributed by atoms with van der Waals surface area (Å²) in [7, 11) is 3.24. The van der Waals surface area contributed by atoms with E-state index in [0.29, 0.717) is 15.6 Å². The molecule has 1 aromatic carbocycles. The summed E-state index contributed by atoms with van der Waals surface area (Å²) in [5.74, 6) is -0.566. The summed E-state index contributed by atoms with van der Waals surface area (Å²) >= 11 is 11.9. The van der Waals surface area contributed by atoms with Gasteiger partial charge in [-0.05, 0) is 18.2 Å². The molecule has 0 aromatic heterocycles. The fraction of sp³-hybridized carbons (Fsp3) is 0.231. The van der Waals surface area contributed by atoms with Crippen molar-refractivity contribution in [2.45, 2.75) is 0 Å². The van der Waals surface area contributed by atoms with E-state index in [1.807, 2.05) is 0 Å². The molecule has 4 nitrogen and oxygen atoms in total. The van der Waals surface area contributed by atoms with Gasteiger partial charge < -0.3 is 10.2 Å². The fourth-order valence-electron chi connectivity index (χ4n) is 1.21. The molecule has 0 unspecified atom stereocenters. The van der Waals surface area contributed by atoms with E-state index in [-0.39, 0.29) is 18.4 Å². The Balaban J connectivity index is 2.62. The maximum atomic E-state index is 11.5. The summed E-state index contributed by atoms with van der Waals surface area (Å²) < 4.78 is 0. The molecular weight excluding hydrogens is 287 g/mol. The highest BCUT2D eigenvalue weighted by atomic mass is 35.5. The second-order valence-electron chi connectivity index (χ2n) is 3.97. The van der Waals surface area contributed by atoms with E-state index in [0.717, 1.165) is 0 Å². The predicted octanol–water partition coefficient (Wildman–Crippen LogP) is 2.21. The van der Waals surface area contributed by atoms with Gasteiger partial charge in [0.05, 0.1) is 6.54 Å². The third-order valence-electron chi connectivity index (χ3n) is 2.31. The first kappa shape index (κ1) is 15.5. The molecule has 0 aliphatic rings. The lowest BCUT2D eigenvalue weighted by Gasteiger charge is -2.09. The monoisotopic (exact) mass is 300 g/mol. The number of hydrogen-bond donors (Lipinski definition) is 1. The van der Waals surface area contributed by atoms with Gasteiger partial charge in [-0.15, -0.1) is 0 Å². The van der Waals surface area contributed by atoms with Crippen molar-refractivity contribution in [3.63, 3.8) is 0 Å². The van der Waals surface area contributed by atoms with E-state index < -0.39 is 0 Å². The number of halogens is 2. The van der Waals surface area contributed by atoms with E-state index in [1.54, 1.807) is 32.3 Å². The number of nitrogens with one attached hydrogen (secondary N) is 1. The Bertz CT molecular complexity index is 493. The summed E-state index contributed by atoms with van der Waals surface area (Å²) in [6.45, 7) is -0.0492. The van der Waals surface area contributed by atoms with Gasteiger partial charge in [-0.3, -0.25) is 9.59 Å². The molecule has 19 heavy (non-hydrogen) atoms. The number of carbonyl (C=O) groups is 2. The van der Waals surface area contributed by atoms with Crippen LogP contribution < -0.4 is 5.32 Å². The lowest BCUT2D eigenvalue weighted by molar-refractivity contribution is -0.129. The van der Waals surface area contributed by atoms with Crippen molar-refractivity contribution in [2.24, 2.45) is 0 Å². The molecular formula is C13H14Cl2N2O2. The van der Waals surface area contributed by atoms with Crippen LogP contribution in [0, 0.1) is 0 Å². The summed E-state index contributed by atoms with van der Waals surface area (Å²) in [4.78, 5) is 24.2. The smallest absolute Gasteiger partial charge is 0.244 e. The molecule has 0 bridgehead atoms. The number of likely N-dealkylation sites (N-methyl/N-ethyl adjacent to an activating group) is 1. The fourth-order valence-corrected chi connectivity index (χ4v) is 1.73. The van der Waals surface area contributed by atoms with Crippen LogP contribution in [0.2, 0.25) is 10.0 Å². The maximum absolute atomic E-state index is 11.5. The van der Waals surface area contributed by atoms with Gasteiger partial charge in [0.15, 0.2) is 0 Å². The number of amides is 2. The van der Waals surface area contributed by atoms with Crippen LogP contribution in [0.3, 0.4) is 0 Å². The summed E-state index contributed by atoms with van der Waals surface area (Å²) in [6.07, 6.45) is 2.80. The molecule has 102 valence electrons. The highest BCUT2D eigenvalue weighted by molar-refractivity contribution is 6.37. The zero-order chi connectivity index (χ0) is 14.4. The lowest BCUT2D eigenvalue weighted by Crippen LogP contribution is -2.35. The van der Waals surface area contributed by atoms with Crippen LogP contribution in [0.15, 0.2) is 24.3 Å². The quantitative estimate of drug-likeness (QED) is 0.867. The molecule has 0 heterocycles. The van der Waals surface area contributed by atoms with Gasteiger partial charge in [0.2, 0.25) is 11.8 Å². The number of benzene rings is 1. The molecule has 0 aliphatic carbocycles. The van der Waals surface area contributed by atoms with Gasteiger partial charge in [-0.2, -0.15) is 0 Å². The minimum Gasteiger partial charge on any atom is -0.347 e. The zero-order valence-corrected chi connectivity index (χ0v) is 12.1. The Labute approximate surface area is 122 Å². The number of nitrogens with zero attached hydrogens (tertiary/aromatic N) is 1. The van der Waals surface area contributed by atoms with Crippen LogP contribution in [0.4, 0.5) is 0 Å². The second-order valence-corrected chi connectivity index (χ2v) is 4.79. The average molecular weight is 301 g/mol. The van der Waals surface area contributed by atoms with Gasteiger partial charge in [0.1, 0.15) is 0 Å². The van der Waals surface area contributed by atoms with E-state index in [2.05, 4.69) is 5.32 Å². The first-order valence-electron chi connectivity index (χ1n) is 5.52. The van der Waals surface area contributed by atoms with E-state index in [4.69, 9.17) is 23.2 Å². The molecule has 0 saturated carbocycles. The van der Waals surface area contributed by atoms with Crippen LogP contribution in [0.25, 0.3) is 6.08 Å². The first-order chi connectivity index (χ1) is 8.91. The van der Waals surface area contributed by atoms with Crippen molar-refractivity contribution in [2.75, 3.05) is 20.6 Å². The van der Waals surface area contributed by atoms with Gasteiger partial charge in [0, 0.05) is 35.8 Å².